The highest BCUT2D eigenvalue weighted by Crippen LogP contribution is 2.32. The van der Waals surface area contributed by atoms with Crippen LogP contribution in [0.25, 0.3) is 0 Å². The SMILES string of the molecule is CC(=O)c1cccc(NC(=O)c2cccc(NS(=O)(=O)c3ccc4c(c3)OCCO4)c2)c1. The Morgan fingerprint density at radius 3 is 2.22 bits per heavy atom. The van der Waals surface area contributed by atoms with E-state index in [-0.39, 0.29) is 21.9 Å². The molecule has 1 aliphatic rings. The lowest BCUT2D eigenvalue weighted by Gasteiger charge is -2.19. The summed E-state index contributed by atoms with van der Waals surface area (Å²) < 4.78 is 39.0. The highest BCUT2D eigenvalue weighted by Gasteiger charge is 2.20. The summed E-state index contributed by atoms with van der Waals surface area (Å²) in [4.78, 5) is 24.2. The molecule has 4 rings (SSSR count). The van der Waals surface area contributed by atoms with E-state index in [1.165, 1.54) is 25.1 Å². The van der Waals surface area contributed by atoms with Gasteiger partial charge < -0.3 is 14.8 Å². The van der Waals surface area contributed by atoms with Crippen LogP contribution in [0, 0.1) is 0 Å². The van der Waals surface area contributed by atoms with Crippen LogP contribution in [0.3, 0.4) is 0 Å². The molecule has 0 saturated heterocycles. The number of carbonyl (C=O) groups excluding carboxylic acids is 2. The Hall–Kier alpha value is -3.85. The highest BCUT2D eigenvalue weighted by atomic mass is 32.2. The number of sulfonamides is 1. The van der Waals surface area contributed by atoms with Gasteiger partial charge in [-0.25, -0.2) is 8.42 Å². The molecular weight excluding hydrogens is 432 g/mol. The van der Waals surface area contributed by atoms with Crippen molar-refractivity contribution in [3.63, 3.8) is 0 Å². The Bertz CT molecular complexity index is 1300. The number of hydrogen-bond acceptors (Lipinski definition) is 6. The summed E-state index contributed by atoms with van der Waals surface area (Å²) in [6, 6.07) is 17.0. The van der Waals surface area contributed by atoms with Gasteiger partial charge >= 0.3 is 0 Å². The monoisotopic (exact) mass is 452 g/mol. The van der Waals surface area contributed by atoms with Crippen molar-refractivity contribution in [2.24, 2.45) is 0 Å². The Morgan fingerprint density at radius 2 is 1.47 bits per heavy atom. The smallest absolute Gasteiger partial charge is 0.262 e. The van der Waals surface area contributed by atoms with E-state index in [1.807, 2.05) is 0 Å². The fraction of sp³-hybridized carbons (Fsp3) is 0.130. The number of Topliss-reactive ketones (excluding diaryl/α,β-unsaturated/α-hetero) is 1. The first-order valence-corrected chi connectivity index (χ1v) is 11.2. The number of ether oxygens (including phenoxy) is 2. The van der Waals surface area contributed by atoms with Crippen molar-refractivity contribution in [3.05, 3.63) is 77.9 Å². The average molecular weight is 452 g/mol. The molecule has 9 heteroatoms. The van der Waals surface area contributed by atoms with Crippen molar-refractivity contribution in [2.75, 3.05) is 23.3 Å². The standard InChI is InChI=1S/C23H20N2O6S/c1-15(26)16-4-2-6-18(12-16)24-23(27)17-5-3-7-19(13-17)25-32(28,29)20-8-9-21-22(14-20)31-11-10-30-21/h2-9,12-14,25H,10-11H2,1H3,(H,24,27). The number of ketones is 1. The Morgan fingerprint density at radius 1 is 0.812 bits per heavy atom. The molecule has 0 radical (unpaired) electrons. The van der Waals surface area contributed by atoms with Crippen molar-refractivity contribution in [3.8, 4) is 11.5 Å². The van der Waals surface area contributed by atoms with Crippen LogP contribution in [0.4, 0.5) is 11.4 Å². The molecule has 3 aromatic carbocycles. The first-order valence-electron chi connectivity index (χ1n) is 9.77. The number of hydrogen-bond donors (Lipinski definition) is 2. The predicted molar refractivity (Wildman–Crippen MR) is 119 cm³/mol. The second kappa shape index (κ2) is 8.72. The first kappa shape index (κ1) is 21.4. The maximum absolute atomic E-state index is 12.8. The minimum atomic E-state index is -3.92. The number of amides is 1. The summed E-state index contributed by atoms with van der Waals surface area (Å²) >= 11 is 0. The minimum absolute atomic E-state index is 0.0117. The highest BCUT2D eigenvalue weighted by molar-refractivity contribution is 7.92. The maximum Gasteiger partial charge on any atom is 0.262 e. The molecule has 1 amide bonds. The summed E-state index contributed by atoms with van der Waals surface area (Å²) in [6.45, 7) is 2.19. The third-order valence-corrected chi connectivity index (χ3v) is 6.11. The number of benzene rings is 3. The zero-order chi connectivity index (χ0) is 22.7. The molecular formula is C23H20N2O6S. The van der Waals surface area contributed by atoms with Crippen molar-refractivity contribution >= 4 is 33.1 Å². The molecule has 1 heterocycles. The van der Waals surface area contributed by atoms with Crippen molar-refractivity contribution < 1.29 is 27.5 Å². The van der Waals surface area contributed by atoms with E-state index in [0.717, 1.165) is 0 Å². The number of nitrogens with one attached hydrogen (secondary N) is 2. The van der Waals surface area contributed by atoms with Gasteiger partial charge in [-0.1, -0.05) is 18.2 Å². The largest absolute Gasteiger partial charge is 0.486 e. The average Bonchev–Trinajstić information content (AvgIpc) is 2.78. The third kappa shape index (κ3) is 4.73. The molecule has 0 aromatic heterocycles. The quantitative estimate of drug-likeness (QED) is 0.552. The van der Waals surface area contributed by atoms with Crippen LogP contribution in [-0.4, -0.2) is 33.3 Å². The van der Waals surface area contributed by atoms with E-state index in [9.17, 15) is 18.0 Å². The Labute approximate surface area is 185 Å². The van der Waals surface area contributed by atoms with Gasteiger partial charge in [-0.3, -0.25) is 14.3 Å². The molecule has 0 unspecified atom stereocenters. The Balaban J connectivity index is 1.52. The Kier molecular flexibility index (Phi) is 5.83. The number of anilines is 2. The molecule has 32 heavy (non-hydrogen) atoms. The molecule has 8 nitrogen and oxygen atoms in total. The van der Waals surface area contributed by atoms with Crippen LogP contribution < -0.4 is 19.5 Å². The fourth-order valence-corrected chi connectivity index (χ4v) is 4.21. The van der Waals surface area contributed by atoms with Gasteiger partial charge in [-0.05, 0) is 49.4 Å². The van der Waals surface area contributed by atoms with Gasteiger partial charge in [-0.2, -0.15) is 0 Å². The number of fused-ring (bicyclic) bond motifs is 1. The summed E-state index contributed by atoms with van der Waals surface area (Å²) in [5.41, 5.74) is 1.42. The third-order valence-electron chi connectivity index (χ3n) is 4.73. The summed E-state index contributed by atoms with van der Waals surface area (Å²) in [5, 5.41) is 2.71. The molecule has 3 aromatic rings. The van der Waals surface area contributed by atoms with E-state index in [2.05, 4.69) is 10.0 Å². The lowest BCUT2D eigenvalue weighted by Crippen LogP contribution is -2.17. The summed E-state index contributed by atoms with van der Waals surface area (Å²) in [7, 11) is -3.92. The predicted octanol–water partition coefficient (Wildman–Crippen LogP) is 3.71. The minimum Gasteiger partial charge on any atom is -0.486 e. The lowest BCUT2D eigenvalue weighted by atomic mass is 10.1. The van der Waals surface area contributed by atoms with Crippen molar-refractivity contribution in [2.45, 2.75) is 11.8 Å². The zero-order valence-electron chi connectivity index (χ0n) is 17.1. The van der Waals surface area contributed by atoms with Crippen molar-refractivity contribution in [1.29, 1.82) is 0 Å². The van der Waals surface area contributed by atoms with E-state index < -0.39 is 15.9 Å². The lowest BCUT2D eigenvalue weighted by molar-refractivity contribution is 0.101. The molecule has 0 atom stereocenters. The van der Waals surface area contributed by atoms with Crippen LogP contribution in [0.1, 0.15) is 27.6 Å². The molecule has 0 bridgehead atoms. The van der Waals surface area contributed by atoms with Gasteiger partial charge in [0.2, 0.25) is 0 Å². The van der Waals surface area contributed by atoms with Gasteiger partial charge in [0.15, 0.2) is 17.3 Å². The normalized spacial score (nSPS) is 12.7. The zero-order valence-corrected chi connectivity index (χ0v) is 17.9. The molecule has 0 aliphatic carbocycles. The molecule has 1 aliphatic heterocycles. The van der Waals surface area contributed by atoms with Gasteiger partial charge in [0.1, 0.15) is 13.2 Å². The van der Waals surface area contributed by atoms with Crippen molar-refractivity contribution in [1.82, 2.24) is 0 Å². The molecule has 0 saturated carbocycles. The van der Waals surface area contributed by atoms with E-state index >= 15 is 0 Å². The second-order valence-electron chi connectivity index (χ2n) is 7.08. The molecule has 0 fully saturated rings. The van der Waals surface area contributed by atoms with Gasteiger partial charge in [0.25, 0.3) is 15.9 Å². The summed E-state index contributed by atoms with van der Waals surface area (Å²) in [5.74, 6) is 0.297. The van der Waals surface area contributed by atoms with Gasteiger partial charge in [0.05, 0.1) is 4.90 Å². The number of rotatable bonds is 6. The van der Waals surface area contributed by atoms with Gasteiger partial charge in [-0.15, -0.1) is 0 Å². The topological polar surface area (TPSA) is 111 Å². The first-order chi connectivity index (χ1) is 15.3. The summed E-state index contributed by atoms with van der Waals surface area (Å²) in [6.07, 6.45) is 0. The van der Waals surface area contributed by atoms with E-state index in [4.69, 9.17) is 9.47 Å². The van der Waals surface area contributed by atoms with Crippen LogP contribution >= 0.6 is 0 Å². The molecule has 2 N–H and O–H groups in total. The van der Waals surface area contributed by atoms with Gasteiger partial charge in [0, 0.05) is 28.6 Å². The van der Waals surface area contributed by atoms with E-state index in [1.54, 1.807) is 48.5 Å². The molecule has 0 spiro atoms. The van der Waals surface area contributed by atoms with E-state index in [0.29, 0.717) is 36.0 Å². The fourth-order valence-electron chi connectivity index (χ4n) is 3.15. The molecule has 164 valence electrons. The second-order valence-corrected chi connectivity index (χ2v) is 8.77. The van der Waals surface area contributed by atoms with Crippen LogP contribution in [0.2, 0.25) is 0 Å². The number of carbonyl (C=O) groups is 2. The maximum atomic E-state index is 12.8. The van der Waals surface area contributed by atoms with Crippen LogP contribution in [0.15, 0.2) is 71.6 Å². The van der Waals surface area contributed by atoms with Crippen LogP contribution in [0.5, 0.6) is 11.5 Å². The van der Waals surface area contributed by atoms with Crippen LogP contribution in [-0.2, 0) is 10.0 Å².